The Morgan fingerprint density at radius 3 is 2.87 bits per heavy atom. The molecule has 0 aromatic carbocycles. The SMILES string of the molecule is c1nc2c(c(NC3CNC3)n1)CCCC2. The molecule has 4 nitrogen and oxygen atoms in total. The number of aryl methyl sites for hydroxylation is 1. The molecule has 80 valence electrons. The minimum absolute atomic E-state index is 0.561. The first-order valence-corrected chi connectivity index (χ1v) is 5.73. The van der Waals surface area contributed by atoms with Crippen molar-refractivity contribution in [2.45, 2.75) is 31.7 Å². The molecule has 0 unspecified atom stereocenters. The number of nitrogens with one attached hydrogen (secondary N) is 2. The zero-order valence-electron chi connectivity index (χ0n) is 8.79. The fourth-order valence-electron chi connectivity index (χ4n) is 2.23. The van der Waals surface area contributed by atoms with E-state index in [0.717, 1.165) is 31.7 Å². The van der Waals surface area contributed by atoms with Crippen molar-refractivity contribution in [1.29, 1.82) is 0 Å². The van der Waals surface area contributed by atoms with Gasteiger partial charge in [0.05, 0.1) is 6.04 Å². The number of fused-ring (bicyclic) bond motifs is 1. The van der Waals surface area contributed by atoms with Gasteiger partial charge < -0.3 is 10.6 Å². The number of hydrogen-bond acceptors (Lipinski definition) is 4. The molecule has 0 amide bonds. The Kier molecular flexibility index (Phi) is 2.29. The molecule has 1 fully saturated rings. The van der Waals surface area contributed by atoms with Gasteiger partial charge in [0, 0.05) is 24.3 Å². The van der Waals surface area contributed by atoms with Crippen molar-refractivity contribution in [2.75, 3.05) is 18.4 Å². The average molecular weight is 204 g/mol. The average Bonchev–Trinajstić information content (AvgIpc) is 2.23. The summed E-state index contributed by atoms with van der Waals surface area (Å²) in [6.07, 6.45) is 6.50. The molecule has 15 heavy (non-hydrogen) atoms. The van der Waals surface area contributed by atoms with Gasteiger partial charge in [-0.25, -0.2) is 9.97 Å². The maximum Gasteiger partial charge on any atom is 0.133 e. The first kappa shape index (κ1) is 9.09. The Hall–Kier alpha value is -1.16. The molecule has 4 heteroatoms. The highest BCUT2D eigenvalue weighted by atomic mass is 15.1. The van der Waals surface area contributed by atoms with Crippen LogP contribution in [-0.4, -0.2) is 29.1 Å². The second-order valence-corrected chi connectivity index (χ2v) is 4.35. The van der Waals surface area contributed by atoms with E-state index in [2.05, 4.69) is 20.6 Å². The molecule has 1 aliphatic heterocycles. The number of anilines is 1. The molecule has 0 radical (unpaired) electrons. The lowest BCUT2D eigenvalue weighted by molar-refractivity contribution is 0.470. The predicted molar refractivity (Wildman–Crippen MR) is 59.0 cm³/mol. The summed E-state index contributed by atoms with van der Waals surface area (Å²) in [5.41, 5.74) is 2.61. The zero-order chi connectivity index (χ0) is 10.1. The summed E-state index contributed by atoms with van der Waals surface area (Å²) in [6.45, 7) is 2.11. The van der Waals surface area contributed by atoms with E-state index in [4.69, 9.17) is 0 Å². The summed E-state index contributed by atoms with van der Waals surface area (Å²) in [6, 6.07) is 0.561. The van der Waals surface area contributed by atoms with Gasteiger partial charge in [-0.1, -0.05) is 0 Å². The highest BCUT2D eigenvalue weighted by molar-refractivity contribution is 5.48. The van der Waals surface area contributed by atoms with Crippen molar-refractivity contribution in [1.82, 2.24) is 15.3 Å². The van der Waals surface area contributed by atoms with E-state index in [-0.39, 0.29) is 0 Å². The molecule has 2 aliphatic rings. The van der Waals surface area contributed by atoms with Gasteiger partial charge in [-0.3, -0.25) is 0 Å². The van der Waals surface area contributed by atoms with E-state index in [1.165, 1.54) is 24.1 Å². The van der Waals surface area contributed by atoms with Gasteiger partial charge in [0.15, 0.2) is 0 Å². The minimum Gasteiger partial charge on any atom is -0.364 e. The summed E-state index contributed by atoms with van der Waals surface area (Å²) < 4.78 is 0. The smallest absolute Gasteiger partial charge is 0.133 e. The molecule has 0 bridgehead atoms. The predicted octanol–water partition coefficient (Wildman–Crippen LogP) is 0.739. The number of rotatable bonds is 2. The Morgan fingerprint density at radius 2 is 2.07 bits per heavy atom. The normalized spacial score (nSPS) is 20.5. The van der Waals surface area contributed by atoms with E-state index >= 15 is 0 Å². The lowest BCUT2D eigenvalue weighted by atomic mass is 9.96. The number of aromatic nitrogens is 2. The van der Waals surface area contributed by atoms with E-state index in [1.54, 1.807) is 6.33 Å². The van der Waals surface area contributed by atoms with Crippen LogP contribution in [0.5, 0.6) is 0 Å². The van der Waals surface area contributed by atoms with Crippen LogP contribution in [0.25, 0.3) is 0 Å². The van der Waals surface area contributed by atoms with Crippen LogP contribution in [0.1, 0.15) is 24.1 Å². The van der Waals surface area contributed by atoms with Gasteiger partial charge in [0.1, 0.15) is 12.1 Å². The zero-order valence-corrected chi connectivity index (χ0v) is 8.79. The minimum atomic E-state index is 0.561. The quantitative estimate of drug-likeness (QED) is 0.746. The maximum atomic E-state index is 4.36. The maximum absolute atomic E-state index is 4.36. The number of hydrogen-bond donors (Lipinski definition) is 2. The Labute approximate surface area is 89.5 Å². The van der Waals surface area contributed by atoms with Crippen LogP contribution in [0.3, 0.4) is 0 Å². The molecule has 2 heterocycles. The van der Waals surface area contributed by atoms with Crippen LogP contribution in [0, 0.1) is 0 Å². The number of nitrogens with zero attached hydrogens (tertiary/aromatic N) is 2. The summed E-state index contributed by atoms with van der Waals surface area (Å²) in [7, 11) is 0. The second kappa shape index (κ2) is 3.77. The van der Waals surface area contributed by atoms with Gasteiger partial charge in [-0.2, -0.15) is 0 Å². The third-order valence-electron chi connectivity index (χ3n) is 3.25. The molecule has 1 aromatic rings. The molecule has 1 aliphatic carbocycles. The van der Waals surface area contributed by atoms with Gasteiger partial charge >= 0.3 is 0 Å². The molecule has 1 saturated heterocycles. The lowest BCUT2D eigenvalue weighted by Crippen LogP contribution is -2.51. The highest BCUT2D eigenvalue weighted by Crippen LogP contribution is 2.24. The Balaban J connectivity index is 1.85. The summed E-state index contributed by atoms with van der Waals surface area (Å²) >= 11 is 0. The summed E-state index contributed by atoms with van der Waals surface area (Å²) in [5, 5.41) is 6.75. The van der Waals surface area contributed by atoms with Gasteiger partial charge in [0.25, 0.3) is 0 Å². The molecule has 0 spiro atoms. The van der Waals surface area contributed by atoms with Crippen LogP contribution in [0.15, 0.2) is 6.33 Å². The summed E-state index contributed by atoms with van der Waals surface area (Å²) in [5.74, 6) is 1.08. The van der Waals surface area contributed by atoms with Crippen molar-refractivity contribution in [3.8, 4) is 0 Å². The van der Waals surface area contributed by atoms with E-state index < -0.39 is 0 Å². The van der Waals surface area contributed by atoms with E-state index in [0.29, 0.717) is 6.04 Å². The van der Waals surface area contributed by atoms with Crippen molar-refractivity contribution in [2.24, 2.45) is 0 Å². The molecule has 2 N–H and O–H groups in total. The van der Waals surface area contributed by atoms with Crippen LogP contribution in [0.2, 0.25) is 0 Å². The second-order valence-electron chi connectivity index (χ2n) is 4.35. The molecular weight excluding hydrogens is 188 g/mol. The van der Waals surface area contributed by atoms with Crippen molar-refractivity contribution >= 4 is 5.82 Å². The highest BCUT2D eigenvalue weighted by Gasteiger charge is 2.20. The molecule has 0 saturated carbocycles. The standard InChI is InChI=1S/C11H16N4/c1-2-4-10-9(3-1)11(14-7-13-10)15-8-5-12-6-8/h7-8,12H,1-6H2,(H,13,14,15). The van der Waals surface area contributed by atoms with Crippen LogP contribution >= 0.6 is 0 Å². The van der Waals surface area contributed by atoms with Crippen LogP contribution in [-0.2, 0) is 12.8 Å². The molecule has 1 aromatic heterocycles. The molecule has 0 atom stereocenters. The van der Waals surface area contributed by atoms with E-state index in [1.807, 2.05) is 0 Å². The Morgan fingerprint density at radius 1 is 1.20 bits per heavy atom. The van der Waals surface area contributed by atoms with Crippen molar-refractivity contribution < 1.29 is 0 Å². The van der Waals surface area contributed by atoms with Crippen LogP contribution in [0.4, 0.5) is 5.82 Å². The van der Waals surface area contributed by atoms with E-state index in [9.17, 15) is 0 Å². The lowest BCUT2D eigenvalue weighted by Gasteiger charge is -2.30. The fourth-order valence-corrected chi connectivity index (χ4v) is 2.23. The van der Waals surface area contributed by atoms with Gasteiger partial charge in [-0.05, 0) is 25.7 Å². The van der Waals surface area contributed by atoms with Gasteiger partial charge in [-0.15, -0.1) is 0 Å². The largest absolute Gasteiger partial charge is 0.364 e. The first-order chi connectivity index (χ1) is 7.43. The summed E-state index contributed by atoms with van der Waals surface area (Å²) in [4.78, 5) is 8.73. The fraction of sp³-hybridized carbons (Fsp3) is 0.636. The van der Waals surface area contributed by atoms with Gasteiger partial charge in [0.2, 0.25) is 0 Å². The first-order valence-electron chi connectivity index (χ1n) is 5.73. The van der Waals surface area contributed by atoms with Crippen LogP contribution < -0.4 is 10.6 Å². The third kappa shape index (κ3) is 1.69. The molecular formula is C11H16N4. The topological polar surface area (TPSA) is 49.8 Å². The third-order valence-corrected chi connectivity index (χ3v) is 3.25. The van der Waals surface area contributed by atoms with Crippen molar-refractivity contribution in [3.05, 3.63) is 17.6 Å². The molecule has 3 rings (SSSR count). The Bertz CT molecular complexity index is 360. The monoisotopic (exact) mass is 204 g/mol. The van der Waals surface area contributed by atoms with Crippen molar-refractivity contribution in [3.63, 3.8) is 0 Å².